The fraction of sp³-hybridized carbons (Fsp3) is 0.214. The third kappa shape index (κ3) is 2.61. The number of nitrogens with two attached hydrogens (primary N) is 1. The van der Waals surface area contributed by atoms with E-state index in [-0.39, 0.29) is 27.7 Å². The van der Waals surface area contributed by atoms with Crippen LogP contribution in [0.15, 0.2) is 22.2 Å². The maximum absolute atomic E-state index is 13.2. The third-order valence-electron chi connectivity index (χ3n) is 3.28. The summed E-state index contributed by atoms with van der Waals surface area (Å²) in [7, 11) is 0. The molecule has 0 aliphatic heterocycles. The molecule has 1 aliphatic rings. The summed E-state index contributed by atoms with van der Waals surface area (Å²) >= 11 is 5.85. The van der Waals surface area contributed by atoms with E-state index in [9.17, 15) is 9.18 Å². The van der Waals surface area contributed by atoms with Crippen molar-refractivity contribution in [2.45, 2.75) is 18.4 Å². The van der Waals surface area contributed by atoms with Crippen molar-refractivity contribution in [3.05, 3.63) is 34.6 Å². The Morgan fingerprint density at radius 1 is 1.59 bits per heavy atom. The number of nitriles is 1. The number of carbonyl (C=O) groups is 1. The second-order valence-corrected chi connectivity index (χ2v) is 5.44. The van der Waals surface area contributed by atoms with Crippen molar-refractivity contribution >= 4 is 34.7 Å². The van der Waals surface area contributed by atoms with E-state index in [4.69, 9.17) is 27.0 Å². The van der Waals surface area contributed by atoms with Gasteiger partial charge in [-0.2, -0.15) is 5.26 Å². The van der Waals surface area contributed by atoms with Gasteiger partial charge in [-0.05, 0) is 18.9 Å². The van der Waals surface area contributed by atoms with Crippen LogP contribution in [-0.4, -0.2) is 16.4 Å². The minimum Gasteiger partial charge on any atom is -0.435 e. The lowest BCUT2D eigenvalue weighted by Crippen LogP contribution is -2.38. The third-order valence-corrected chi connectivity index (χ3v) is 3.56. The number of aromatic nitrogens is 1. The number of fused-ring (bicyclic) bond motifs is 1. The van der Waals surface area contributed by atoms with Gasteiger partial charge in [-0.1, -0.05) is 11.6 Å². The summed E-state index contributed by atoms with van der Waals surface area (Å²) in [5.74, 6) is -1.10. The molecule has 3 rings (SSSR count). The van der Waals surface area contributed by atoms with Gasteiger partial charge >= 0.3 is 0 Å². The number of hydrogen-bond donors (Lipinski definition) is 2. The largest absolute Gasteiger partial charge is 0.435 e. The first-order valence-corrected chi connectivity index (χ1v) is 6.77. The molecule has 0 radical (unpaired) electrons. The van der Waals surface area contributed by atoms with Gasteiger partial charge in [-0.3, -0.25) is 4.79 Å². The standard InChI is InChI=1S/C14H10ClFN4O2/c15-8-3-7(16)4-10-12(8)22-11(19-10)5-9(18)13(21)20-14(6-17)1-2-14/h3-5H,1-2,18H2,(H,20,21)/b9-5-. The average Bonchev–Trinajstić information content (AvgIpc) is 3.11. The molecule has 1 aromatic carbocycles. The molecule has 1 aromatic heterocycles. The molecule has 1 fully saturated rings. The molecule has 0 saturated heterocycles. The van der Waals surface area contributed by atoms with E-state index in [1.807, 2.05) is 6.07 Å². The van der Waals surface area contributed by atoms with Crippen molar-refractivity contribution in [2.75, 3.05) is 0 Å². The van der Waals surface area contributed by atoms with Gasteiger partial charge in [-0.15, -0.1) is 0 Å². The number of amides is 1. The van der Waals surface area contributed by atoms with Crippen molar-refractivity contribution in [2.24, 2.45) is 5.73 Å². The second-order valence-electron chi connectivity index (χ2n) is 5.04. The quantitative estimate of drug-likeness (QED) is 0.842. The van der Waals surface area contributed by atoms with Crippen LogP contribution in [0.5, 0.6) is 0 Å². The van der Waals surface area contributed by atoms with E-state index < -0.39 is 17.3 Å². The van der Waals surface area contributed by atoms with E-state index in [0.717, 1.165) is 12.1 Å². The zero-order chi connectivity index (χ0) is 15.9. The van der Waals surface area contributed by atoms with E-state index in [1.165, 1.54) is 6.08 Å². The molecular formula is C14H10ClFN4O2. The van der Waals surface area contributed by atoms with E-state index in [1.54, 1.807) is 0 Å². The summed E-state index contributed by atoms with van der Waals surface area (Å²) in [4.78, 5) is 15.9. The van der Waals surface area contributed by atoms with Gasteiger partial charge in [0.2, 0.25) is 5.89 Å². The van der Waals surface area contributed by atoms with Gasteiger partial charge in [0.05, 0.1) is 11.1 Å². The first kappa shape index (κ1) is 14.4. The molecule has 2 aromatic rings. The highest BCUT2D eigenvalue weighted by Gasteiger charge is 2.44. The molecule has 112 valence electrons. The number of hydrogen-bond acceptors (Lipinski definition) is 5. The number of benzene rings is 1. The Morgan fingerprint density at radius 3 is 2.95 bits per heavy atom. The number of oxazole rings is 1. The van der Waals surface area contributed by atoms with Crippen LogP contribution in [0.1, 0.15) is 18.7 Å². The van der Waals surface area contributed by atoms with Crippen molar-refractivity contribution in [3.8, 4) is 6.07 Å². The first-order chi connectivity index (χ1) is 10.4. The maximum Gasteiger partial charge on any atom is 0.268 e. The molecule has 1 aliphatic carbocycles. The Bertz CT molecular complexity index is 848. The lowest BCUT2D eigenvalue weighted by Gasteiger charge is -2.08. The van der Waals surface area contributed by atoms with Crippen LogP contribution in [0.4, 0.5) is 4.39 Å². The van der Waals surface area contributed by atoms with Crippen molar-refractivity contribution in [1.29, 1.82) is 5.26 Å². The average molecular weight is 321 g/mol. The Labute approximate surface area is 129 Å². The summed E-state index contributed by atoms with van der Waals surface area (Å²) in [6.07, 6.45) is 2.40. The van der Waals surface area contributed by atoms with Crippen LogP contribution in [0.25, 0.3) is 17.2 Å². The second kappa shape index (κ2) is 5.00. The highest BCUT2D eigenvalue weighted by atomic mass is 35.5. The number of rotatable bonds is 3. The van der Waals surface area contributed by atoms with Crippen LogP contribution in [0.3, 0.4) is 0 Å². The Hall–Kier alpha value is -2.59. The minimum atomic E-state index is -0.816. The smallest absolute Gasteiger partial charge is 0.268 e. The summed E-state index contributed by atoms with van der Waals surface area (Å²) in [6, 6.07) is 4.28. The van der Waals surface area contributed by atoms with Crippen LogP contribution in [-0.2, 0) is 4.79 Å². The van der Waals surface area contributed by atoms with Gasteiger partial charge in [0, 0.05) is 12.1 Å². The molecule has 0 spiro atoms. The summed E-state index contributed by atoms with van der Waals surface area (Å²) in [6.45, 7) is 0. The van der Waals surface area contributed by atoms with Crippen molar-refractivity contribution in [1.82, 2.24) is 10.3 Å². The Morgan fingerprint density at radius 2 is 2.32 bits per heavy atom. The SMILES string of the molecule is N#CC1(NC(=O)/C(N)=C/c2nc3cc(F)cc(Cl)c3o2)CC1. The molecule has 0 unspecified atom stereocenters. The first-order valence-electron chi connectivity index (χ1n) is 6.39. The normalized spacial score (nSPS) is 16.3. The lowest BCUT2D eigenvalue weighted by molar-refractivity contribution is -0.118. The molecule has 1 heterocycles. The molecule has 0 atom stereocenters. The highest BCUT2D eigenvalue weighted by molar-refractivity contribution is 6.34. The molecular weight excluding hydrogens is 311 g/mol. The predicted molar refractivity (Wildman–Crippen MR) is 76.9 cm³/mol. The molecule has 6 nitrogen and oxygen atoms in total. The monoisotopic (exact) mass is 320 g/mol. The number of halogens is 2. The predicted octanol–water partition coefficient (Wildman–Crippen LogP) is 2.09. The zero-order valence-electron chi connectivity index (χ0n) is 11.2. The molecule has 22 heavy (non-hydrogen) atoms. The molecule has 8 heteroatoms. The summed E-state index contributed by atoms with van der Waals surface area (Å²) in [5, 5.41) is 11.5. The Kier molecular flexibility index (Phi) is 3.26. The van der Waals surface area contributed by atoms with E-state index in [0.29, 0.717) is 12.8 Å². The van der Waals surface area contributed by atoms with Crippen LogP contribution in [0, 0.1) is 17.1 Å². The Balaban J connectivity index is 1.86. The topological polar surface area (TPSA) is 105 Å². The van der Waals surface area contributed by atoms with Gasteiger partial charge in [0.25, 0.3) is 5.91 Å². The van der Waals surface area contributed by atoms with Crippen molar-refractivity contribution < 1.29 is 13.6 Å². The van der Waals surface area contributed by atoms with E-state index >= 15 is 0 Å². The van der Waals surface area contributed by atoms with Crippen molar-refractivity contribution in [3.63, 3.8) is 0 Å². The maximum atomic E-state index is 13.2. The van der Waals surface area contributed by atoms with Crippen LogP contribution in [0.2, 0.25) is 5.02 Å². The highest BCUT2D eigenvalue weighted by Crippen LogP contribution is 2.34. The number of nitrogens with one attached hydrogen (secondary N) is 1. The summed E-state index contributed by atoms with van der Waals surface area (Å²) < 4.78 is 18.6. The molecule has 3 N–H and O–H groups in total. The lowest BCUT2D eigenvalue weighted by atomic mass is 10.3. The fourth-order valence-corrected chi connectivity index (χ4v) is 2.16. The number of nitrogens with zero attached hydrogens (tertiary/aromatic N) is 2. The molecule has 0 bridgehead atoms. The molecule has 1 saturated carbocycles. The van der Waals surface area contributed by atoms with Crippen LogP contribution < -0.4 is 11.1 Å². The van der Waals surface area contributed by atoms with E-state index in [2.05, 4.69) is 10.3 Å². The van der Waals surface area contributed by atoms with Crippen LogP contribution >= 0.6 is 11.6 Å². The minimum absolute atomic E-state index is 0.0250. The zero-order valence-corrected chi connectivity index (χ0v) is 11.9. The molecule has 1 amide bonds. The van der Waals surface area contributed by atoms with Gasteiger partial charge in [0.15, 0.2) is 5.58 Å². The van der Waals surface area contributed by atoms with Gasteiger partial charge in [0.1, 0.15) is 22.6 Å². The number of carbonyl (C=O) groups excluding carboxylic acids is 1. The van der Waals surface area contributed by atoms with Gasteiger partial charge < -0.3 is 15.5 Å². The van der Waals surface area contributed by atoms with Gasteiger partial charge in [-0.25, -0.2) is 9.37 Å². The fourth-order valence-electron chi connectivity index (χ4n) is 1.92. The summed E-state index contributed by atoms with van der Waals surface area (Å²) in [5.41, 5.74) is 5.11.